The number of aliphatic hydroxyl groups excluding tert-OH is 1. The van der Waals surface area contributed by atoms with E-state index in [2.05, 4.69) is 10.6 Å². The van der Waals surface area contributed by atoms with Crippen LogP contribution in [-0.2, 0) is 4.74 Å². The predicted octanol–water partition coefficient (Wildman–Crippen LogP) is -1.30. The average Bonchev–Trinajstić information content (AvgIpc) is 2.24. The van der Waals surface area contributed by atoms with E-state index < -0.39 is 5.60 Å². The van der Waals surface area contributed by atoms with Gasteiger partial charge < -0.3 is 25.6 Å². The molecule has 0 unspecified atom stereocenters. The highest BCUT2D eigenvalue weighted by atomic mass is 16.5. The lowest BCUT2D eigenvalue weighted by Gasteiger charge is -2.32. The molecule has 1 aliphatic rings. The van der Waals surface area contributed by atoms with Crippen LogP contribution in [-0.4, -0.2) is 61.8 Å². The van der Waals surface area contributed by atoms with Gasteiger partial charge in [0.1, 0.15) is 0 Å². The highest BCUT2D eigenvalue weighted by Gasteiger charge is 2.28. The van der Waals surface area contributed by atoms with E-state index in [0.717, 1.165) is 32.5 Å². The van der Waals surface area contributed by atoms with Crippen LogP contribution in [0.2, 0.25) is 0 Å². The van der Waals surface area contributed by atoms with E-state index in [1.54, 1.807) is 0 Å². The molecule has 4 N–H and O–H groups in total. The van der Waals surface area contributed by atoms with Gasteiger partial charge in [-0.25, -0.2) is 0 Å². The van der Waals surface area contributed by atoms with Gasteiger partial charge in [-0.2, -0.15) is 0 Å². The van der Waals surface area contributed by atoms with Crippen molar-refractivity contribution >= 4 is 0 Å². The molecule has 1 aliphatic heterocycles. The zero-order chi connectivity index (χ0) is 11.0. The third-order valence-corrected chi connectivity index (χ3v) is 2.65. The van der Waals surface area contributed by atoms with Crippen molar-refractivity contribution in [3.8, 4) is 0 Å². The summed E-state index contributed by atoms with van der Waals surface area (Å²) in [6.07, 6.45) is 1.61. The van der Waals surface area contributed by atoms with Gasteiger partial charge in [0.05, 0.1) is 25.4 Å². The van der Waals surface area contributed by atoms with Gasteiger partial charge in [-0.05, 0) is 25.9 Å². The lowest BCUT2D eigenvalue weighted by atomic mass is 9.92. The van der Waals surface area contributed by atoms with Crippen molar-refractivity contribution in [1.82, 2.24) is 10.6 Å². The van der Waals surface area contributed by atoms with Gasteiger partial charge in [0.25, 0.3) is 0 Å². The summed E-state index contributed by atoms with van der Waals surface area (Å²) < 4.78 is 5.10. The summed E-state index contributed by atoms with van der Waals surface area (Å²) in [6.45, 7) is 4.14. The van der Waals surface area contributed by atoms with E-state index in [1.165, 1.54) is 0 Å². The molecule has 0 aromatic heterocycles. The van der Waals surface area contributed by atoms with Gasteiger partial charge in [0.2, 0.25) is 0 Å². The molecule has 0 spiro atoms. The zero-order valence-electron chi connectivity index (χ0n) is 9.17. The van der Waals surface area contributed by atoms with Gasteiger partial charge >= 0.3 is 0 Å². The first-order valence-electron chi connectivity index (χ1n) is 5.59. The summed E-state index contributed by atoms with van der Waals surface area (Å²) in [5.41, 5.74) is -0.553. The third-order valence-electron chi connectivity index (χ3n) is 2.65. The fraction of sp³-hybridized carbons (Fsp3) is 1.00. The second kappa shape index (κ2) is 7.14. The van der Waals surface area contributed by atoms with Crippen LogP contribution in [0.3, 0.4) is 0 Å². The molecule has 0 bridgehead atoms. The Labute approximate surface area is 90.8 Å². The number of nitrogens with one attached hydrogen (secondary N) is 2. The first kappa shape index (κ1) is 12.9. The summed E-state index contributed by atoms with van der Waals surface area (Å²) in [5, 5.41) is 25.0. The molecular weight excluding hydrogens is 196 g/mol. The van der Waals surface area contributed by atoms with Crippen molar-refractivity contribution in [3.63, 3.8) is 0 Å². The molecule has 0 aliphatic carbocycles. The Balaban J connectivity index is 1.98. The molecule has 1 fully saturated rings. The number of hydrogen-bond donors (Lipinski definition) is 4. The minimum absolute atomic E-state index is 0.0651. The number of hydrogen-bond acceptors (Lipinski definition) is 5. The molecule has 0 aromatic rings. The highest BCUT2D eigenvalue weighted by Crippen LogP contribution is 2.16. The molecule has 5 heteroatoms. The molecule has 0 amide bonds. The van der Waals surface area contributed by atoms with Crippen LogP contribution in [0.15, 0.2) is 0 Å². The van der Waals surface area contributed by atoms with E-state index in [4.69, 9.17) is 9.84 Å². The lowest BCUT2D eigenvalue weighted by molar-refractivity contribution is 0.00898. The highest BCUT2D eigenvalue weighted by molar-refractivity contribution is 4.86. The summed E-state index contributed by atoms with van der Waals surface area (Å²) in [6, 6.07) is 0. The molecule has 5 nitrogen and oxygen atoms in total. The summed E-state index contributed by atoms with van der Waals surface area (Å²) in [4.78, 5) is 0. The molecule has 1 saturated heterocycles. The first-order chi connectivity index (χ1) is 7.27. The van der Waals surface area contributed by atoms with Crippen LogP contribution in [0.25, 0.3) is 0 Å². The Morgan fingerprint density at radius 1 is 1.27 bits per heavy atom. The Kier molecular flexibility index (Phi) is 6.12. The normalized spacial score (nSPS) is 20.4. The van der Waals surface area contributed by atoms with E-state index in [0.29, 0.717) is 19.8 Å². The van der Waals surface area contributed by atoms with Crippen molar-refractivity contribution in [3.05, 3.63) is 0 Å². The first-order valence-corrected chi connectivity index (χ1v) is 5.59. The summed E-state index contributed by atoms with van der Waals surface area (Å²) >= 11 is 0. The van der Waals surface area contributed by atoms with Crippen LogP contribution < -0.4 is 10.6 Å². The maximum Gasteiger partial charge on any atom is 0.0795 e. The molecule has 0 saturated carbocycles. The fourth-order valence-corrected chi connectivity index (χ4v) is 1.70. The Morgan fingerprint density at radius 2 is 2.00 bits per heavy atom. The van der Waals surface area contributed by atoms with Gasteiger partial charge in [0, 0.05) is 13.1 Å². The Hall–Kier alpha value is -0.200. The minimum atomic E-state index is -0.553. The molecule has 0 radical (unpaired) electrons. The van der Waals surface area contributed by atoms with Crippen molar-refractivity contribution < 1.29 is 14.9 Å². The molecule has 1 rings (SSSR count). The average molecular weight is 218 g/mol. The number of rotatable bonds is 7. The van der Waals surface area contributed by atoms with Crippen LogP contribution in [0.1, 0.15) is 12.8 Å². The van der Waals surface area contributed by atoms with Crippen LogP contribution >= 0.6 is 0 Å². The largest absolute Gasteiger partial charge is 0.394 e. The van der Waals surface area contributed by atoms with Crippen molar-refractivity contribution in [2.45, 2.75) is 18.4 Å². The molecule has 1 heterocycles. The van der Waals surface area contributed by atoms with Gasteiger partial charge in [-0.15, -0.1) is 0 Å². The van der Waals surface area contributed by atoms with Gasteiger partial charge in [0.15, 0.2) is 0 Å². The van der Waals surface area contributed by atoms with E-state index in [1.807, 2.05) is 0 Å². The molecule has 15 heavy (non-hydrogen) atoms. The van der Waals surface area contributed by atoms with Gasteiger partial charge in [-0.1, -0.05) is 0 Å². The monoisotopic (exact) mass is 218 g/mol. The Bertz CT molecular complexity index is 161. The van der Waals surface area contributed by atoms with Crippen molar-refractivity contribution in [2.24, 2.45) is 0 Å². The topological polar surface area (TPSA) is 73.8 Å². The second-order valence-corrected chi connectivity index (χ2v) is 3.99. The summed E-state index contributed by atoms with van der Waals surface area (Å²) in [7, 11) is 0. The van der Waals surface area contributed by atoms with E-state index >= 15 is 0 Å². The van der Waals surface area contributed by atoms with Crippen molar-refractivity contribution in [2.75, 3.05) is 46.0 Å². The smallest absolute Gasteiger partial charge is 0.0795 e. The quantitative estimate of drug-likeness (QED) is 0.400. The number of ether oxygens (including phenoxy) is 1. The zero-order valence-corrected chi connectivity index (χ0v) is 9.17. The molecule has 90 valence electrons. The third kappa shape index (κ3) is 5.44. The predicted molar refractivity (Wildman–Crippen MR) is 57.8 cm³/mol. The van der Waals surface area contributed by atoms with Crippen LogP contribution in [0, 0.1) is 0 Å². The maximum atomic E-state index is 10.1. The van der Waals surface area contributed by atoms with Crippen LogP contribution in [0.4, 0.5) is 0 Å². The number of aliphatic hydroxyl groups is 2. The fourth-order valence-electron chi connectivity index (χ4n) is 1.70. The SMILES string of the molecule is OCCOCCNCC1(O)CCNCC1. The molecule has 0 aromatic carbocycles. The molecular formula is C10H22N2O3. The summed E-state index contributed by atoms with van der Waals surface area (Å²) in [5.74, 6) is 0. The minimum Gasteiger partial charge on any atom is -0.394 e. The van der Waals surface area contributed by atoms with E-state index in [9.17, 15) is 5.11 Å². The second-order valence-electron chi connectivity index (χ2n) is 3.99. The number of piperidine rings is 1. The van der Waals surface area contributed by atoms with E-state index in [-0.39, 0.29) is 6.61 Å². The maximum absolute atomic E-state index is 10.1. The standard InChI is InChI=1S/C10H22N2O3/c13-6-8-15-7-5-12-9-10(14)1-3-11-4-2-10/h11-14H,1-9H2. The lowest BCUT2D eigenvalue weighted by Crippen LogP contribution is -2.48. The van der Waals surface area contributed by atoms with Gasteiger partial charge in [-0.3, -0.25) is 0 Å². The Morgan fingerprint density at radius 3 is 2.67 bits per heavy atom. The molecule has 0 atom stereocenters. The van der Waals surface area contributed by atoms with Crippen molar-refractivity contribution in [1.29, 1.82) is 0 Å². The van der Waals surface area contributed by atoms with Crippen LogP contribution in [0.5, 0.6) is 0 Å².